The summed E-state index contributed by atoms with van der Waals surface area (Å²) in [4.78, 5) is 12.6. The van der Waals surface area contributed by atoms with Gasteiger partial charge < -0.3 is 20.1 Å². The Morgan fingerprint density at radius 2 is 1.83 bits per heavy atom. The number of hydrogen-bond acceptors (Lipinski definition) is 6. The first kappa shape index (κ1) is 16.9. The minimum absolute atomic E-state index is 0.139. The molecule has 1 aromatic carbocycles. The number of nitrogens with one attached hydrogen (secondary N) is 2. The monoisotopic (exact) mass is 362 g/mol. The number of carbonyl (C=O) groups is 1. The fourth-order valence-corrected chi connectivity index (χ4v) is 4.20. The number of amides is 1. The van der Waals surface area contributed by atoms with E-state index >= 15 is 0 Å². The van der Waals surface area contributed by atoms with E-state index in [-0.39, 0.29) is 30.0 Å². The van der Waals surface area contributed by atoms with E-state index in [2.05, 4.69) is 20.1 Å². The van der Waals surface area contributed by atoms with Crippen LogP contribution >= 0.6 is 0 Å². The highest BCUT2D eigenvalue weighted by Gasteiger charge is 2.49. The molecule has 0 unspecified atom stereocenters. The summed E-state index contributed by atoms with van der Waals surface area (Å²) in [6.07, 6.45) is -2.45. The van der Waals surface area contributed by atoms with Crippen LogP contribution in [0.4, 0.5) is 14.5 Å². The summed E-state index contributed by atoms with van der Waals surface area (Å²) in [5, 5.41) is 5.50. The number of alkyl halides is 2. The van der Waals surface area contributed by atoms with Gasteiger partial charge in [0.1, 0.15) is 0 Å². The number of carbonyl (C=O) groups excluding carboxylic acids is 1. The molecule has 24 heavy (non-hydrogen) atoms. The van der Waals surface area contributed by atoms with Crippen LogP contribution in [0.15, 0.2) is 18.2 Å². The van der Waals surface area contributed by atoms with Crippen molar-refractivity contribution in [3.05, 3.63) is 18.2 Å². The number of sulfone groups is 1. The van der Waals surface area contributed by atoms with Crippen LogP contribution in [-0.4, -0.2) is 44.7 Å². The predicted molar refractivity (Wildman–Crippen MR) is 81.0 cm³/mol. The molecule has 132 valence electrons. The molecule has 10 heteroatoms. The molecule has 2 aliphatic rings. The van der Waals surface area contributed by atoms with E-state index in [9.17, 15) is 22.0 Å². The molecule has 0 bridgehead atoms. The molecule has 0 spiro atoms. The van der Waals surface area contributed by atoms with Crippen LogP contribution in [0.25, 0.3) is 0 Å². The summed E-state index contributed by atoms with van der Waals surface area (Å²) in [7, 11) is -3.66. The standard InChI is InChI=1S/C14H16F2N2O5S/c1-24(20,21)13(4-6-17-7-5-13)12(19)18-9-2-3-10-11(8-9)23-14(15,16)22-10/h2-3,8,17H,4-7H2,1H3,(H,18,19). The van der Waals surface area contributed by atoms with E-state index in [1.807, 2.05) is 0 Å². The molecular formula is C14H16F2N2O5S. The van der Waals surface area contributed by atoms with E-state index in [4.69, 9.17) is 0 Å². The van der Waals surface area contributed by atoms with Gasteiger partial charge in [-0.05, 0) is 38.1 Å². The first-order valence-corrected chi connectivity index (χ1v) is 9.14. The highest BCUT2D eigenvalue weighted by atomic mass is 32.2. The van der Waals surface area contributed by atoms with Crippen molar-refractivity contribution >= 4 is 21.4 Å². The topological polar surface area (TPSA) is 93.7 Å². The Morgan fingerprint density at radius 1 is 1.21 bits per heavy atom. The van der Waals surface area contributed by atoms with Crippen molar-refractivity contribution in [3.63, 3.8) is 0 Å². The van der Waals surface area contributed by atoms with Gasteiger partial charge in [-0.25, -0.2) is 8.42 Å². The molecule has 2 heterocycles. The number of halogens is 2. The molecule has 1 saturated heterocycles. The zero-order chi connectivity index (χ0) is 17.6. The van der Waals surface area contributed by atoms with Gasteiger partial charge in [0.05, 0.1) is 0 Å². The van der Waals surface area contributed by atoms with Gasteiger partial charge in [0, 0.05) is 18.0 Å². The molecule has 7 nitrogen and oxygen atoms in total. The minimum Gasteiger partial charge on any atom is -0.395 e. The first-order valence-electron chi connectivity index (χ1n) is 7.25. The summed E-state index contributed by atoms with van der Waals surface area (Å²) in [6.45, 7) is 0.793. The van der Waals surface area contributed by atoms with E-state index in [1.165, 1.54) is 18.2 Å². The van der Waals surface area contributed by atoms with Crippen molar-refractivity contribution in [1.29, 1.82) is 0 Å². The minimum atomic E-state index is -3.76. The Hall–Kier alpha value is -1.94. The van der Waals surface area contributed by atoms with Crippen molar-refractivity contribution in [2.45, 2.75) is 23.9 Å². The number of rotatable bonds is 3. The van der Waals surface area contributed by atoms with Crippen LogP contribution in [0, 0.1) is 0 Å². The molecule has 0 aliphatic carbocycles. The van der Waals surface area contributed by atoms with Crippen molar-refractivity contribution in [3.8, 4) is 11.5 Å². The zero-order valence-corrected chi connectivity index (χ0v) is 13.6. The average molecular weight is 362 g/mol. The van der Waals surface area contributed by atoms with E-state index in [0.717, 1.165) is 6.26 Å². The van der Waals surface area contributed by atoms with Gasteiger partial charge in [0.2, 0.25) is 5.91 Å². The van der Waals surface area contributed by atoms with Crippen LogP contribution in [0.2, 0.25) is 0 Å². The summed E-state index contributed by atoms with van der Waals surface area (Å²) >= 11 is 0. The molecule has 2 aliphatic heterocycles. The van der Waals surface area contributed by atoms with Gasteiger partial charge in [-0.2, -0.15) is 0 Å². The fraction of sp³-hybridized carbons (Fsp3) is 0.500. The zero-order valence-electron chi connectivity index (χ0n) is 12.8. The van der Waals surface area contributed by atoms with Crippen molar-refractivity contribution < 1.29 is 31.5 Å². The Bertz CT molecular complexity index is 775. The SMILES string of the molecule is CS(=O)(=O)C1(C(=O)Nc2ccc3c(c2)OC(F)(F)O3)CCNCC1. The fourth-order valence-electron chi connectivity index (χ4n) is 2.87. The lowest BCUT2D eigenvalue weighted by atomic mass is 9.95. The largest absolute Gasteiger partial charge is 0.586 e. The third-order valence-corrected chi connectivity index (χ3v) is 6.21. The smallest absolute Gasteiger partial charge is 0.395 e. The van der Waals surface area contributed by atoms with Gasteiger partial charge in [-0.1, -0.05) is 0 Å². The number of benzene rings is 1. The lowest BCUT2D eigenvalue weighted by Gasteiger charge is -2.34. The second-order valence-corrected chi connectivity index (χ2v) is 8.13. The average Bonchev–Trinajstić information content (AvgIpc) is 2.80. The Morgan fingerprint density at radius 3 is 2.46 bits per heavy atom. The van der Waals surface area contributed by atoms with E-state index in [0.29, 0.717) is 13.1 Å². The number of piperidine rings is 1. The molecule has 1 fully saturated rings. The normalized spacial score (nSPS) is 21.3. The lowest BCUT2D eigenvalue weighted by Crippen LogP contribution is -2.55. The van der Waals surface area contributed by atoms with Gasteiger partial charge in [0.25, 0.3) is 0 Å². The van der Waals surface area contributed by atoms with E-state index < -0.39 is 26.8 Å². The number of fused-ring (bicyclic) bond motifs is 1. The van der Waals surface area contributed by atoms with E-state index in [1.54, 1.807) is 0 Å². The number of anilines is 1. The van der Waals surface area contributed by atoms with Crippen LogP contribution in [-0.2, 0) is 14.6 Å². The molecule has 0 saturated carbocycles. The van der Waals surface area contributed by atoms with Gasteiger partial charge in [-0.15, -0.1) is 8.78 Å². The van der Waals surface area contributed by atoms with Crippen molar-refractivity contribution in [1.82, 2.24) is 5.32 Å². The third-order valence-electron chi connectivity index (χ3n) is 4.19. The summed E-state index contributed by atoms with van der Waals surface area (Å²) in [6, 6.07) is 3.74. The van der Waals surface area contributed by atoms with Crippen LogP contribution in [0.1, 0.15) is 12.8 Å². The molecule has 3 rings (SSSR count). The number of hydrogen-bond donors (Lipinski definition) is 2. The van der Waals surface area contributed by atoms with Crippen molar-refractivity contribution in [2.24, 2.45) is 0 Å². The van der Waals surface area contributed by atoms with Gasteiger partial charge in [0.15, 0.2) is 26.1 Å². The molecule has 1 aromatic rings. The maximum Gasteiger partial charge on any atom is 0.586 e. The number of ether oxygens (including phenoxy) is 2. The lowest BCUT2D eigenvalue weighted by molar-refractivity contribution is -0.286. The summed E-state index contributed by atoms with van der Waals surface area (Å²) in [5.41, 5.74) is 0.154. The second kappa shape index (κ2) is 5.55. The molecule has 0 radical (unpaired) electrons. The molecule has 0 atom stereocenters. The Labute approximate surface area is 137 Å². The molecular weight excluding hydrogens is 346 g/mol. The highest BCUT2D eigenvalue weighted by Crippen LogP contribution is 2.42. The van der Waals surface area contributed by atoms with Crippen LogP contribution in [0.3, 0.4) is 0 Å². The predicted octanol–water partition coefficient (Wildman–Crippen LogP) is 1.11. The van der Waals surface area contributed by atoms with Crippen LogP contribution < -0.4 is 20.1 Å². The molecule has 2 N–H and O–H groups in total. The Kier molecular flexibility index (Phi) is 3.91. The second-order valence-electron chi connectivity index (χ2n) is 5.80. The third kappa shape index (κ3) is 2.91. The summed E-state index contributed by atoms with van der Waals surface area (Å²) < 4.78 is 57.5. The Balaban J connectivity index is 1.84. The van der Waals surface area contributed by atoms with Crippen molar-refractivity contribution in [2.75, 3.05) is 24.7 Å². The molecule has 1 amide bonds. The molecule has 0 aromatic heterocycles. The maximum absolute atomic E-state index is 13.0. The summed E-state index contributed by atoms with van der Waals surface area (Å²) in [5.74, 6) is -1.06. The van der Waals surface area contributed by atoms with Gasteiger partial charge in [-0.3, -0.25) is 4.79 Å². The van der Waals surface area contributed by atoms with Gasteiger partial charge >= 0.3 is 6.29 Å². The van der Waals surface area contributed by atoms with Crippen LogP contribution in [0.5, 0.6) is 11.5 Å². The maximum atomic E-state index is 13.0. The highest BCUT2D eigenvalue weighted by molar-refractivity contribution is 7.92. The first-order chi connectivity index (χ1) is 11.1. The quantitative estimate of drug-likeness (QED) is 0.837.